The van der Waals surface area contributed by atoms with E-state index in [9.17, 15) is 27.9 Å². The van der Waals surface area contributed by atoms with Crippen molar-refractivity contribution < 1.29 is 27.9 Å². The van der Waals surface area contributed by atoms with Crippen LogP contribution in [0.1, 0.15) is 42.9 Å². The molecule has 1 aliphatic heterocycles. The molecule has 1 heterocycles. The van der Waals surface area contributed by atoms with Crippen LogP contribution in [0, 0.1) is 13.8 Å². The van der Waals surface area contributed by atoms with Gasteiger partial charge in [0, 0.05) is 24.9 Å². The van der Waals surface area contributed by atoms with Crippen molar-refractivity contribution in [2.45, 2.75) is 44.9 Å². The van der Waals surface area contributed by atoms with E-state index in [0.29, 0.717) is 17.5 Å². The van der Waals surface area contributed by atoms with Crippen LogP contribution in [0.25, 0.3) is 5.76 Å². The molecule has 1 fully saturated rings. The molecule has 0 aromatic heterocycles. The highest BCUT2D eigenvalue weighted by molar-refractivity contribution is 7.92. The zero-order valence-electron chi connectivity index (χ0n) is 15.5. The van der Waals surface area contributed by atoms with Crippen LogP contribution in [-0.4, -0.2) is 43.3 Å². The molecule has 1 aromatic carbocycles. The Kier molecular flexibility index (Phi) is 4.71. The van der Waals surface area contributed by atoms with Crippen LogP contribution in [0.2, 0.25) is 0 Å². The second kappa shape index (κ2) is 6.60. The van der Waals surface area contributed by atoms with E-state index in [-0.39, 0.29) is 41.1 Å². The Labute approximate surface area is 157 Å². The minimum absolute atomic E-state index is 0.0595. The second-order valence-corrected chi connectivity index (χ2v) is 8.79. The minimum Gasteiger partial charge on any atom is -0.506 e. The van der Waals surface area contributed by atoms with Crippen molar-refractivity contribution in [3.63, 3.8) is 0 Å². The summed E-state index contributed by atoms with van der Waals surface area (Å²) in [6.45, 7) is 5.15. The van der Waals surface area contributed by atoms with Crippen LogP contribution in [0.4, 0.5) is 5.69 Å². The molecule has 0 radical (unpaired) electrons. The first-order valence-electron chi connectivity index (χ1n) is 8.77. The number of ketones is 2. The normalized spacial score (nSPS) is 19.3. The number of hydrogen-bond donors (Lipinski definition) is 1. The molecule has 1 saturated carbocycles. The highest BCUT2D eigenvalue weighted by Crippen LogP contribution is 2.40. The number of nitrogens with zero attached hydrogens (tertiary/aromatic N) is 1. The number of aryl methyl sites for hydroxylation is 1. The zero-order valence-corrected chi connectivity index (χ0v) is 16.3. The first kappa shape index (κ1) is 19.3. The largest absolute Gasteiger partial charge is 0.506 e. The maximum absolute atomic E-state index is 12.6. The summed E-state index contributed by atoms with van der Waals surface area (Å²) in [5, 5.41) is 10.7. The number of sulfone groups is 1. The Balaban J connectivity index is 2.35. The highest BCUT2D eigenvalue weighted by Gasteiger charge is 2.38. The Morgan fingerprint density at radius 1 is 1.15 bits per heavy atom. The van der Waals surface area contributed by atoms with Crippen LogP contribution in [0.3, 0.4) is 0 Å². The molecule has 8 heteroatoms. The molecular formula is C19H21NO6S. The Hall–Kier alpha value is -2.48. The number of rotatable bonds is 2. The van der Waals surface area contributed by atoms with E-state index in [0.717, 1.165) is 0 Å². The molecule has 0 saturated heterocycles. The predicted molar refractivity (Wildman–Crippen MR) is 99.4 cm³/mol. The molecule has 2 aliphatic rings. The lowest BCUT2D eigenvalue weighted by Crippen LogP contribution is -2.41. The summed E-state index contributed by atoms with van der Waals surface area (Å²) < 4.78 is 25.1. The maximum atomic E-state index is 12.6. The molecule has 0 unspecified atom stereocenters. The topological polar surface area (TPSA) is 109 Å². The van der Waals surface area contributed by atoms with Gasteiger partial charge in [0.15, 0.2) is 21.4 Å². The summed E-state index contributed by atoms with van der Waals surface area (Å²) in [6, 6.07) is 1.47. The number of amides is 1. The number of benzene rings is 1. The van der Waals surface area contributed by atoms with Crippen LogP contribution < -0.4 is 4.90 Å². The van der Waals surface area contributed by atoms with Gasteiger partial charge in [-0.2, -0.15) is 0 Å². The van der Waals surface area contributed by atoms with Crippen molar-refractivity contribution in [1.82, 2.24) is 0 Å². The molecule has 0 bridgehead atoms. The highest BCUT2D eigenvalue weighted by atomic mass is 32.2. The minimum atomic E-state index is -3.80. The fourth-order valence-corrected chi connectivity index (χ4v) is 5.56. The van der Waals surface area contributed by atoms with Crippen molar-refractivity contribution in [3.8, 4) is 0 Å². The third-order valence-electron chi connectivity index (χ3n) is 5.06. The van der Waals surface area contributed by atoms with Crippen LogP contribution in [0.5, 0.6) is 0 Å². The van der Waals surface area contributed by atoms with E-state index in [2.05, 4.69) is 0 Å². The van der Waals surface area contributed by atoms with Gasteiger partial charge in [-0.3, -0.25) is 14.4 Å². The maximum Gasteiger partial charge on any atom is 0.242 e. The lowest BCUT2D eigenvalue weighted by Gasteiger charge is -2.32. The van der Waals surface area contributed by atoms with Gasteiger partial charge in [-0.1, -0.05) is 0 Å². The van der Waals surface area contributed by atoms with E-state index >= 15 is 0 Å². The molecule has 27 heavy (non-hydrogen) atoms. The SMILES string of the molecule is CCN1C(=O)CS(=O)(=O)c2c(C)cc(C(O)=C3C(=O)CCCC3=O)c(C)c21. The van der Waals surface area contributed by atoms with E-state index in [1.54, 1.807) is 20.8 Å². The van der Waals surface area contributed by atoms with Gasteiger partial charge in [-0.25, -0.2) is 8.42 Å². The number of fused-ring (bicyclic) bond motifs is 1. The number of Topliss-reactive ketones (excluding diaryl/α,β-unsaturated/α-hetero) is 2. The Morgan fingerprint density at radius 2 is 1.74 bits per heavy atom. The number of aliphatic hydroxyl groups is 1. The van der Waals surface area contributed by atoms with Gasteiger partial charge in [0.2, 0.25) is 5.91 Å². The van der Waals surface area contributed by atoms with Crippen molar-refractivity contribution in [1.29, 1.82) is 0 Å². The first-order chi connectivity index (χ1) is 12.6. The predicted octanol–water partition coefficient (Wildman–Crippen LogP) is 2.03. The Bertz CT molecular complexity index is 1000. The number of hydrogen-bond acceptors (Lipinski definition) is 6. The van der Waals surface area contributed by atoms with Crippen molar-refractivity contribution in [2.75, 3.05) is 17.2 Å². The smallest absolute Gasteiger partial charge is 0.242 e. The van der Waals surface area contributed by atoms with Crippen molar-refractivity contribution in [2.24, 2.45) is 0 Å². The fraction of sp³-hybridized carbons (Fsp3) is 0.421. The standard InChI is InChI=1S/C19H21NO6S/c1-4-20-15(23)9-27(25,26)19-10(2)8-12(11(3)17(19)20)18(24)16-13(21)6-5-7-14(16)22/h8,24H,4-7,9H2,1-3H3. The number of anilines is 1. The lowest BCUT2D eigenvalue weighted by molar-refractivity contribution is -0.124. The fourth-order valence-electron chi connectivity index (χ4n) is 3.82. The van der Waals surface area contributed by atoms with Crippen molar-refractivity contribution >= 4 is 38.8 Å². The third-order valence-corrected chi connectivity index (χ3v) is 6.83. The third kappa shape index (κ3) is 2.97. The van der Waals surface area contributed by atoms with E-state index in [4.69, 9.17) is 0 Å². The first-order valence-corrected chi connectivity index (χ1v) is 10.4. The molecule has 0 atom stereocenters. The number of carbonyl (C=O) groups is 3. The average molecular weight is 391 g/mol. The molecule has 1 amide bonds. The molecular weight excluding hydrogens is 370 g/mol. The van der Waals surface area contributed by atoms with Gasteiger partial charge >= 0.3 is 0 Å². The summed E-state index contributed by atoms with van der Waals surface area (Å²) in [7, 11) is -3.80. The number of allylic oxidation sites excluding steroid dienone is 1. The molecule has 1 aliphatic carbocycles. The van der Waals surface area contributed by atoms with Gasteiger partial charge in [-0.05, 0) is 44.4 Å². The average Bonchev–Trinajstić information content (AvgIpc) is 2.56. The molecule has 3 rings (SSSR count). The summed E-state index contributed by atoms with van der Waals surface area (Å²) in [4.78, 5) is 38.1. The monoisotopic (exact) mass is 391 g/mol. The van der Waals surface area contributed by atoms with Gasteiger partial charge in [-0.15, -0.1) is 0 Å². The van der Waals surface area contributed by atoms with Crippen LogP contribution in [-0.2, 0) is 24.2 Å². The summed E-state index contributed by atoms with van der Waals surface area (Å²) in [5.74, 6) is -2.43. The zero-order chi connectivity index (χ0) is 20.1. The molecule has 1 aromatic rings. The van der Waals surface area contributed by atoms with Crippen molar-refractivity contribution in [3.05, 3.63) is 28.3 Å². The molecule has 1 N–H and O–H groups in total. The number of aliphatic hydroxyl groups excluding tert-OH is 1. The van der Waals surface area contributed by atoms with Gasteiger partial charge in [0.05, 0.1) is 10.6 Å². The van der Waals surface area contributed by atoms with Crippen LogP contribution in [0.15, 0.2) is 16.5 Å². The summed E-state index contributed by atoms with van der Waals surface area (Å²) in [5.41, 5.74) is 0.890. The van der Waals surface area contributed by atoms with Crippen LogP contribution >= 0.6 is 0 Å². The molecule has 0 spiro atoms. The van der Waals surface area contributed by atoms with E-state index < -0.39 is 38.8 Å². The lowest BCUT2D eigenvalue weighted by atomic mass is 9.88. The number of carbonyl (C=O) groups excluding carboxylic acids is 3. The molecule has 7 nitrogen and oxygen atoms in total. The van der Waals surface area contributed by atoms with E-state index in [1.807, 2.05) is 0 Å². The van der Waals surface area contributed by atoms with Gasteiger partial charge in [0.25, 0.3) is 0 Å². The second-order valence-electron chi connectivity index (χ2n) is 6.86. The molecule has 144 valence electrons. The van der Waals surface area contributed by atoms with E-state index in [1.165, 1.54) is 11.0 Å². The van der Waals surface area contributed by atoms with Gasteiger partial charge in [0.1, 0.15) is 17.1 Å². The van der Waals surface area contributed by atoms with Gasteiger partial charge < -0.3 is 10.0 Å². The summed E-state index contributed by atoms with van der Waals surface area (Å²) >= 11 is 0. The Morgan fingerprint density at radius 3 is 2.30 bits per heavy atom. The quantitative estimate of drug-likeness (QED) is 0.469. The summed E-state index contributed by atoms with van der Waals surface area (Å²) in [6.07, 6.45) is 0.817.